The Labute approximate surface area is 127 Å². The van der Waals surface area contributed by atoms with Gasteiger partial charge in [0.05, 0.1) is 5.92 Å². The minimum absolute atomic E-state index is 0.161. The summed E-state index contributed by atoms with van der Waals surface area (Å²) < 4.78 is 5.07. The average Bonchev–Trinajstić information content (AvgIpc) is 2.43. The average molecular weight is 302 g/mol. The molecule has 0 aromatic heterocycles. The summed E-state index contributed by atoms with van der Waals surface area (Å²) in [5.74, 6) is 0.887. The lowest BCUT2D eigenvalue weighted by atomic mass is 9.67. The van der Waals surface area contributed by atoms with Gasteiger partial charge in [0.15, 0.2) is 0 Å². The maximum atomic E-state index is 11.4. The van der Waals surface area contributed by atoms with E-state index in [0.29, 0.717) is 11.3 Å². The van der Waals surface area contributed by atoms with Crippen molar-refractivity contribution >= 4 is 17.7 Å². The molecule has 0 spiro atoms. The van der Waals surface area contributed by atoms with Gasteiger partial charge >= 0.3 is 5.97 Å². The molecule has 1 N–H and O–H groups in total. The Kier molecular flexibility index (Phi) is 7.38. The van der Waals surface area contributed by atoms with Gasteiger partial charge in [0, 0.05) is 19.0 Å². The molecule has 0 heterocycles. The van der Waals surface area contributed by atoms with Crippen molar-refractivity contribution in [1.29, 1.82) is 0 Å². The van der Waals surface area contributed by atoms with Crippen LogP contribution >= 0.6 is 11.8 Å². The van der Waals surface area contributed by atoms with E-state index < -0.39 is 5.97 Å². The molecule has 1 aliphatic carbocycles. The molecule has 4 heteroatoms. The van der Waals surface area contributed by atoms with Gasteiger partial charge in [-0.3, -0.25) is 4.79 Å². The predicted octanol–water partition coefficient (Wildman–Crippen LogP) is 4.06. The fourth-order valence-electron chi connectivity index (χ4n) is 3.03. The summed E-state index contributed by atoms with van der Waals surface area (Å²) in [4.78, 5) is 11.4. The molecule has 1 aliphatic rings. The van der Waals surface area contributed by atoms with Crippen LogP contribution in [0.5, 0.6) is 0 Å². The van der Waals surface area contributed by atoms with Crippen molar-refractivity contribution in [3.05, 3.63) is 0 Å². The molecule has 0 bridgehead atoms. The number of rotatable bonds is 8. The van der Waals surface area contributed by atoms with E-state index >= 15 is 0 Å². The Morgan fingerprint density at radius 2 is 2.10 bits per heavy atom. The lowest BCUT2D eigenvalue weighted by Crippen LogP contribution is -2.38. The molecule has 20 heavy (non-hydrogen) atoms. The van der Waals surface area contributed by atoms with Gasteiger partial charge in [0.25, 0.3) is 0 Å². The van der Waals surface area contributed by atoms with Crippen molar-refractivity contribution in [3.63, 3.8) is 0 Å². The maximum absolute atomic E-state index is 11.4. The number of hydrogen-bond acceptors (Lipinski definition) is 3. The molecule has 1 rings (SSSR count). The standard InChI is InChI=1S/C16H30O3S/c1-5-16(2,3)12-7-8-13(15(17)18)14(11-12)20-10-6-9-19-4/h12-14H,5-11H2,1-4H3,(H,17,18). The number of thioether (sulfide) groups is 1. The summed E-state index contributed by atoms with van der Waals surface area (Å²) in [6.07, 6.45) is 5.12. The lowest BCUT2D eigenvalue weighted by Gasteiger charge is -2.41. The molecular weight excluding hydrogens is 272 g/mol. The van der Waals surface area contributed by atoms with Crippen LogP contribution in [0.3, 0.4) is 0 Å². The zero-order valence-corrected chi connectivity index (χ0v) is 14.2. The molecule has 3 nitrogen and oxygen atoms in total. The predicted molar refractivity (Wildman–Crippen MR) is 85.3 cm³/mol. The quantitative estimate of drug-likeness (QED) is 0.687. The molecule has 0 aliphatic heterocycles. The first kappa shape index (κ1) is 17.8. The second kappa shape index (κ2) is 8.28. The summed E-state index contributed by atoms with van der Waals surface area (Å²) in [5.41, 5.74) is 0.328. The monoisotopic (exact) mass is 302 g/mol. The van der Waals surface area contributed by atoms with E-state index in [-0.39, 0.29) is 11.2 Å². The Morgan fingerprint density at radius 3 is 2.65 bits per heavy atom. The van der Waals surface area contributed by atoms with Gasteiger partial charge in [0.2, 0.25) is 0 Å². The Morgan fingerprint density at radius 1 is 1.40 bits per heavy atom. The molecule has 3 unspecified atom stereocenters. The van der Waals surface area contributed by atoms with Crippen LogP contribution in [0.4, 0.5) is 0 Å². The SMILES string of the molecule is CCC(C)(C)C1CCC(C(=O)O)C(SCCCOC)C1. The molecule has 0 saturated heterocycles. The van der Waals surface area contributed by atoms with Crippen molar-refractivity contribution < 1.29 is 14.6 Å². The highest BCUT2D eigenvalue weighted by atomic mass is 32.2. The molecule has 118 valence electrons. The number of methoxy groups -OCH3 is 1. The van der Waals surface area contributed by atoms with Crippen LogP contribution in [0, 0.1) is 17.3 Å². The molecule has 3 atom stereocenters. The van der Waals surface area contributed by atoms with E-state index in [4.69, 9.17) is 4.74 Å². The van der Waals surface area contributed by atoms with E-state index in [1.165, 1.54) is 0 Å². The summed E-state index contributed by atoms with van der Waals surface area (Å²) in [6.45, 7) is 7.65. The summed E-state index contributed by atoms with van der Waals surface area (Å²) >= 11 is 1.84. The number of hydrogen-bond donors (Lipinski definition) is 1. The van der Waals surface area contributed by atoms with E-state index in [0.717, 1.165) is 44.5 Å². The van der Waals surface area contributed by atoms with Crippen molar-refractivity contribution in [1.82, 2.24) is 0 Å². The van der Waals surface area contributed by atoms with Gasteiger partial charge in [-0.25, -0.2) is 0 Å². The Bertz CT molecular complexity index is 304. The molecule has 0 aromatic rings. The number of carboxylic acid groups (broad SMARTS) is 1. The number of aliphatic carboxylic acids is 1. The Hall–Kier alpha value is -0.220. The number of ether oxygens (including phenoxy) is 1. The number of carbonyl (C=O) groups is 1. The third kappa shape index (κ3) is 4.96. The highest BCUT2D eigenvalue weighted by molar-refractivity contribution is 7.99. The minimum Gasteiger partial charge on any atom is -0.481 e. The second-order valence-electron chi connectivity index (χ2n) is 6.55. The summed E-state index contributed by atoms with van der Waals surface area (Å²) in [5, 5.41) is 9.69. The normalized spacial score (nSPS) is 27.5. The molecule has 0 amide bonds. The molecular formula is C16H30O3S. The number of carboxylic acids is 1. The van der Waals surface area contributed by atoms with Gasteiger partial charge in [-0.15, -0.1) is 0 Å². The smallest absolute Gasteiger partial charge is 0.307 e. The molecule has 0 radical (unpaired) electrons. The third-order valence-corrected chi connectivity index (χ3v) is 6.42. The summed E-state index contributed by atoms with van der Waals surface area (Å²) in [6, 6.07) is 0. The van der Waals surface area contributed by atoms with Crippen LogP contribution in [0.25, 0.3) is 0 Å². The second-order valence-corrected chi connectivity index (χ2v) is 7.90. The molecule has 0 aromatic carbocycles. The van der Waals surface area contributed by atoms with Crippen LogP contribution in [-0.4, -0.2) is 35.8 Å². The highest BCUT2D eigenvalue weighted by Gasteiger charge is 2.40. The first-order valence-corrected chi connectivity index (χ1v) is 8.80. The van der Waals surface area contributed by atoms with Gasteiger partial charge in [-0.2, -0.15) is 11.8 Å². The summed E-state index contributed by atoms with van der Waals surface area (Å²) in [7, 11) is 1.71. The third-order valence-electron chi connectivity index (χ3n) is 4.95. The van der Waals surface area contributed by atoms with E-state index in [2.05, 4.69) is 20.8 Å². The van der Waals surface area contributed by atoms with Crippen LogP contribution in [0.15, 0.2) is 0 Å². The topological polar surface area (TPSA) is 46.5 Å². The Balaban J connectivity index is 2.60. The zero-order valence-electron chi connectivity index (χ0n) is 13.4. The van der Waals surface area contributed by atoms with Crippen molar-refractivity contribution in [2.24, 2.45) is 17.3 Å². The fourth-order valence-corrected chi connectivity index (χ4v) is 4.47. The van der Waals surface area contributed by atoms with Gasteiger partial charge < -0.3 is 9.84 Å². The first-order valence-electron chi connectivity index (χ1n) is 7.75. The van der Waals surface area contributed by atoms with Crippen LogP contribution in [-0.2, 0) is 9.53 Å². The van der Waals surface area contributed by atoms with E-state index in [1.807, 2.05) is 11.8 Å². The van der Waals surface area contributed by atoms with Crippen LogP contribution in [0.2, 0.25) is 0 Å². The molecule has 1 fully saturated rings. The van der Waals surface area contributed by atoms with Gasteiger partial charge in [0.1, 0.15) is 0 Å². The first-order chi connectivity index (χ1) is 9.42. The highest BCUT2D eigenvalue weighted by Crippen LogP contribution is 2.45. The van der Waals surface area contributed by atoms with Crippen molar-refractivity contribution in [3.8, 4) is 0 Å². The van der Waals surface area contributed by atoms with E-state index in [9.17, 15) is 9.90 Å². The van der Waals surface area contributed by atoms with Gasteiger partial charge in [-0.05, 0) is 42.8 Å². The van der Waals surface area contributed by atoms with Gasteiger partial charge in [-0.1, -0.05) is 27.2 Å². The van der Waals surface area contributed by atoms with Crippen LogP contribution < -0.4 is 0 Å². The van der Waals surface area contributed by atoms with Crippen LogP contribution in [0.1, 0.15) is 52.9 Å². The fraction of sp³-hybridized carbons (Fsp3) is 0.938. The lowest BCUT2D eigenvalue weighted by molar-refractivity contribution is -0.143. The zero-order chi connectivity index (χ0) is 15.2. The maximum Gasteiger partial charge on any atom is 0.307 e. The molecule has 1 saturated carbocycles. The largest absolute Gasteiger partial charge is 0.481 e. The van der Waals surface area contributed by atoms with E-state index in [1.54, 1.807) is 7.11 Å². The minimum atomic E-state index is -0.609. The van der Waals surface area contributed by atoms with Crippen molar-refractivity contribution in [2.75, 3.05) is 19.5 Å². The van der Waals surface area contributed by atoms with Crippen molar-refractivity contribution in [2.45, 2.75) is 58.1 Å².